The molecule has 0 spiro atoms. The van der Waals surface area contributed by atoms with E-state index >= 15 is 0 Å². The van der Waals surface area contributed by atoms with Crippen molar-refractivity contribution in [1.29, 1.82) is 0 Å². The number of aliphatic hydroxyl groups is 1. The van der Waals surface area contributed by atoms with Crippen molar-refractivity contribution in [3.8, 4) is 0 Å². The summed E-state index contributed by atoms with van der Waals surface area (Å²) in [6.45, 7) is 4.16. The number of esters is 2. The zero-order chi connectivity index (χ0) is 48.5. The monoisotopic (exact) mass is 941 g/mol. The average molecular weight is 942 g/mol. The predicted octanol–water partition coefficient (Wildman–Crippen LogP) is 20.3. The van der Waals surface area contributed by atoms with Crippen molar-refractivity contribution >= 4 is 11.9 Å². The smallest absolute Gasteiger partial charge is 0.306 e. The summed E-state index contributed by atoms with van der Waals surface area (Å²) in [7, 11) is 0. The highest BCUT2D eigenvalue weighted by atomic mass is 16.6. The fraction of sp³-hybridized carbons (Fsp3) is 0.871. The van der Waals surface area contributed by atoms with Crippen LogP contribution in [0.2, 0.25) is 0 Å². The fourth-order valence-corrected chi connectivity index (χ4v) is 9.11. The van der Waals surface area contributed by atoms with E-state index < -0.39 is 6.10 Å². The second-order valence-corrected chi connectivity index (χ2v) is 20.4. The van der Waals surface area contributed by atoms with Crippen LogP contribution in [0, 0.1) is 0 Å². The Hall–Kier alpha value is -1.88. The summed E-state index contributed by atoms with van der Waals surface area (Å²) in [5.41, 5.74) is 0. The average Bonchev–Trinajstić information content (AvgIpc) is 3.33. The fourth-order valence-electron chi connectivity index (χ4n) is 9.11. The van der Waals surface area contributed by atoms with E-state index in [9.17, 15) is 14.7 Å². The van der Waals surface area contributed by atoms with Crippen LogP contribution < -0.4 is 0 Å². The molecule has 0 aromatic rings. The molecule has 0 saturated carbocycles. The van der Waals surface area contributed by atoms with Crippen LogP contribution in [-0.2, 0) is 19.1 Å². The van der Waals surface area contributed by atoms with Crippen LogP contribution in [0.4, 0.5) is 0 Å². The van der Waals surface area contributed by atoms with Gasteiger partial charge in [0, 0.05) is 12.8 Å². The van der Waals surface area contributed by atoms with E-state index in [0.717, 1.165) is 51.4 Å². The molecule has 67 heavy (non-hydrogen) atoms. The van der Waals surface area contributed by atoms with Crippen LogP contribution >= 0.6 is 0 Å². The van der Waals surface area contributed by atoms with E-state index in [1.165, 1.54) is 250 Å². The topological polar surface area (TPSA) is 72.8 Å². The third kappa shape index (κ3) is 56.6. The standard InChI is InChI=1S/C62H116O5/c1-3-5-7-9-11-13-15-17-19-21-23-24-25-26-27-28-29-30-31-32-33-34-35-36-37-38-39-41-42-44-46-48-50-52-54-56-61(64)66-59-60(58-63)67-62(65)57-55-53-51-49-47-45-43-40-22-20-18-16-14-12-10-8-6-4-2/h14,16,20-23,60,63H,3-13,15,17-19,24-59H2,1-2H3/b16-14-,22-20-,23-21-. The Labute approximate surface area is 418 Å². The van der Waals surface area contributed by atoms with E-state index in [2.05, 4.69) is 50.3 Å². The first-order valence-electron chi connectivity index (χ1n) is 30.0. The number of hydrogen-bond donors (Lipinski definition) is 1. The molecule has 0 aliphatic carbocycles. The Morgan fingerprint density at radius 3 is 0.910 bits per heavy atom. The van der Waals surface area contributed by atoms with E-state index in [4.69, 9.17) is 9.47 Å². The van der Waals surface area contributed by atoms with Gasteiger partial charge in [0.05, 0.1) is 6.61 Å². The minimum Gasteiger partial charge on any atom is -0.462 e. The van der Waals surface area contributed by atoms with E-state index in [1.54, 1.807) is 0 Å². The third-order valence-electron chi connectivity index (χ3n) is 13.7. The van der Waals surface area contributed by atoms with Crippen molar-refractivity contribution in [1.82, 2.24) is 0 Å². The Balaban J connectivity index is 3.39. The van der Waals surface area contributed by atoms with Crippen LogP contribution in [0.3, 0.4) is 0 Å². The van der Waals surface area contributed by atoms with Gasteiger partial charge in [0.25, 0.3) is 0 Å². The molecule has 0 saturated heterocycles. The highest BCUT2D eigenvalue weighted by Gasteiger charge is 2.16. The largest absolute Gasteiger partial charge is 0.462 e. The van der Waals surface area contributed by atoms with Crippen molar-refractivity contribution in [3.63, 3.8) is 0 Å². The van der Waals surface area contributed by atoms with E-state index in [-0.39, 0.29) is 25.2 Å². The number of hydrogen-bond acceptors (Lipinski definition) is 5. The second-order valence-electron chi connectivity index (χ2n) is 20.4. The highest BCUT2D eigenvalue weighted by Crippen LogP contribution is 2.17. The molecule has 0 rings (SSSR count). The number of rotatable bonds is 56. The lowest BCUT2D eigenvalue weighted by Gasteiger charge is -2.15. The molecule has 5 nitrogen and oxygen atoms in total. The van der Waals surface area contributed by atoms with Crippen molar-refractivity contribution in [2.45, 2.75) is 335 Å². The normalized spacial score (nSPS) is 12.3. The lowest BCUT2D eigenvalue weighted by Crippen LogP contribution is -2.28. The van der Waals surface area contributed by atoms with Crippen molar-refractivity contribution < 1.29 is 24.2 Å². The molecule has 1 atom stereocenters. The van der Waals surface area contributed by atoms with E-state index in [1.807, 2.05) is 0 Å². The van der Waals surface area contributed by atoms with Crippen LogP contribution in [-0.4, -0.2) is 36.4 Å². The minimum atomic E-state index is -0.774. The third-order valence-corrected chi connectivity index (χ3v) is 13.7. The van der Waals surface area contributed by atoms with Gasteiger partial charge in [-0.15, -0.1) is 0 Å². The van der Waals surface area contributed by atoms with Crippen molar-refractivity contribution in [3.05, 3.63) is 36.5 Å². The first-order chi connectivity index (χ1) is 33.1. The quantitative estimate of drug-likeness (QED) is 0.0374. The number of carbonyl (C=O) groups excluding carboxylic acids is 2. The van der Waals surface area contributed by atoms with Crippen LogP contribution in [0.15, 0.2) is 36.5 Å². The van der Waals surface area contributed by atoms with Gasteiger partial charge in [0.1, 0.15) is 6.61 Å². The summed E-state index contributed by atoms with van der Waals surface area (Å²) < 4.78 is 10.7. The van der Waals surface area contributed by atoms with Crippen LogP contribution in [0.1, 0.15) is 328 Å². The SMILES string of the molecule is CCCCCC/C=C\C/C=C\CCCCCCCCCC(=O)OC(CO)COC(=O)CCCCCCCCCCCCCCCCCCCCCCCCC/C=C\CCCCCCCCCC. The van der Waals surface area contributed by atoms with Gasteiger partial charge in [-0.2, -0.15) is 0 Å². The van der Waals surface area contributed by atoms with Gasteiger partial charge in [-0.05, 0) is 70.6 Å². The summed E-state index contributed by atoms with van der Waals surface area (Å²) in [6, 6.07) is 0. The molecule has 0 aromatic heterocycles. The first kappa shape index (κ1) is 65.1. The summed E-state index contributed by atoms with van der Waals surface area (Å²) in [5.74, 6) is -0.584. The Morgan fingerprint density at radius 1 is 0.343 bits per heavy atom. The van der Waals surface area contributed by atoms with Gasteiger partial charge < -0.3 is 14.6 Å². The van der Waals surface area contributed by atoms with Gasteiger partial charge in [-0.3, -0.25) is 9.59 Å². The number of carbonyl (C=O) groups is 2. The molecule has 0 bridgehead atoms. The van der Waals surface area contributed by atoms with Crippen LogP contribution in [0.25, 0.3) is 0 Å². The first-order valence-corrected chi connectivity index (χ1v) is 30.0. The number of aliphatic hydroxyl groups excluding tert-OH is 1. The Kier molecular flexibility index (Phi) is 56.8. The molecule has 0 amide bonds. The Morgan fingerprint density at radius 2 is 0.597 bits per heavy atom. The van der Waals surface area contributed by atoms with Gasteiger partial charge >= 0.3 is 11.9 Å². The molecule has 0 aliphatic rings. The maximum atomic E-state index is 12.3. The number of unbranched alkanes of at least 4 members (excludes halogenated alkanes) is 42. The molecular formula is C62H116O5. The molecule has 0 radical (unpaired) electrons. The lowest BCUT2D eigenvalue weighted by atomic mass is 10.0. The predicted molar refractivity (Wildman–Crippen MR) is 293 cm³/mol. The highest BCUT2D eigenvalue weighted by molar-refractivity contribution is 5.70. The van der Waals surface area contributed by atoms with Crippen molar-refractivity contribution in [2.24, 2.45) is 0 Å². The van der Waals surface area contributed by atoms with Gasteiger partial charge in [0.2, 0.25) is 0 Å². The molecule has 0 aromatic carbocycles. The summed E-state index contributed by atoms with van der Waals surface area (Å²) in [5, 5.41) is 9.64. The molecule has 0 aliphatic heterocycles. The molecule has 5 heteroatoms. The summed E-state index contributed by atoms with van der Waals surface area (Å²) in [4.78, 5) is 24.5. The molecule has 0 heterocycles. The van der Waals surface area contributed by atoms with Crippen molar-refractivity contribution in [2.75, 3.05) is 13.2 Å². The summed E-state index contributed by atoms with van der Waals surface area (Å²) in [6.07, 6.45) is 75.7. The van der Waals surface area contributed by atoms with Gasteiger partial charge in [-0.1, -0.05) is 281 Å². The number of allylic oxidation sites excluding steroid dienone is 6. The molecule has 1 unspecified atom stereocenters. The number of ether oxygens (including phenoxy) is 2. The minimum absolute atomic E-state index is 0.0649. The molecule has 394 valence electrons. The zero-order valence-electron chi connectivity index (χ0n) is 45.2. The van der Waals surface area contributed by atoms with Gasteiger partial charge in [-0.25, -0.2) is 0 Å². The van der Waals surface area contributed by atoms with E-state index in [0.29, 0.717) is 12.8 Å². The van der Waals surface area contributed by atoms with Gasteiger partial charge in [0.15, 0.2) is 6.10 Å². The Bertz CT molecular complexity index is 1060. The molecule has 1 N–H and O–H groups in total. The second kappa shape index (κ2) is 58.4. The maximum Gasteiger partial charge on any atom is 0.306 e. The lowest BCUT2D eigenvalue weighted by molar-refractivity contribution is -0.161. The molecular weight excluding hydrogens is 825 g/mol. The summed E-state index contributed by atoms with van der Waals surface area (Å²) >= 11 is 0. The molecule has 0 fully saturated rings. The maximum absolute atomic E-state index is 12.3. The van der Waals surface area contributed by atoms with Crippen LogP contribution in [0.5, 0.6) is 0 Å². The zero-order valence-corrected chi connectivity index (χ0v) is 45.2.